The number of benzene rings is 1. The summed E-state index contributed by atoms with van der Waals surface area (Å²) in [5.74, 6) is -1.08. The molecule has 1 fully saturated rings. The van der Waals surface area contributed by atoms with Gasteiger partial charge >= 0.3 is 5.97 Å². The molecule has 1 aliphatic rings. The maximum Gasteiger partial charge on any atom is 0.326 e. The molecule has 8 heteroatoms. The summed E-state index contributed by atoms with van der Waals surface area (Å²) in [5.41, 5.74) is 4.95. The number of imide groups is 1. The third-order valence-corrected chi connectivity index (χ3v) is 5.82. The number of aromatic nitrogens is 1. The highest BCUT2D eigenvalue weighted by atomic mass is 32.2. The molecule has 1 saturated heterocycles. The van der Waals surface area contributed by atoms with Crippen LogP contribution < -0.4 is 4.90 Å². The fourth-order valence-electron chi connectivity index (χ4n) is 3.44. The van der Waals surface area contributed by atoms with Gasteiger partial charge in [-0.3, -0.25) is 19.3 Å². The van der Waals surface area contributed by atoms with Crippen LogP contribution in [0, 0.1) is 13.8 Å². The van der Waals surface area contributed by atoms with Crippen LogP contribution in [0.2, 0.25) is 0 Å². The Morgan fingerprint density at radius 2 is 1.81 bits per heavy atom. The number of carbonyl (C=O) groups is 3. The van der Waals surface area contributed by atoms with Gasteiger partial charge in [0.1, 0.15) is 6.54 Å². The molecule has 0 spiro atoms. The van der Waals surface area contributed by atoms with Crippen molar-refractivity contribution in [1.29, 1.82) is 0 Å². The predicted molar refractivity (Wildman–Crippen MR) is 123 cm³/mol. The van der Waals surface area contributed by atoms with Gasteiger partial charge in [0.25, 0.3) is 11.1 Å². The highest BCUT2D eigenvalue weighted by molar-refractivity contribution is 8.18. The van der Waals surface area contributed by atoms with E-state index in [-0.39, 0.29) is 12.6 Å². The van der Waals surface area contributed by atoms with E-state index in [0.29, 0.717) is 4.91 Å². The Bertz CT molecular complexity index is 1050. The van der Waals surface area contributed by atoms with Crippen molar-refractivity contribution in [2.24, 2.45) is 0 Å². The number of nitrogens with zero attached hydrogens (tertiary/aromatic N) is 3. The van der Waals surface area contributed by atoms with Crippen LogP contribution in [0.4, 0.5) is 10.5 Å². The number of ether oxygens (including phenoxy) is 1. The molecule has 0 unspecified atom stereocenters. The molecule has 31 heavy (non-hydrogen) atoms. The van der Waals surface area contributed by atoms with Gasteiger partial charge in [-0.05, 0) is 81.4 Å². The highest BCUT2D eigenvalue weighted by Crippen LogP contribution is 2.33. The van der Waals surface area contributed by atoms with Crippen LogP contribution in [0.3, 0.4) is 0 Å². The molecule has 0 atom stereocenters. The van der Waals surface area contributed by atoms with E-state index in [2.05, 4.69) is 16.7 Å². The van der Waals surface area contributed by atoms with Crippen molar-refractivity contribution in [2.45, 2.75) is 33.8 Å². The quantitative estimate of drug-likeness (QED) is 0.495. The van der Waals surface area contributed by atoms with Gasteiger partial charge < -0.3 is 14.2 Å². The molecule has 0 bridgehead atoms. The van der Waals surface area contributed by atoms with E-state index in [4.69, 9.17) is 4.74 Å². The molecule has 0 saturated carbocycles. The third kappa shape index (κ3) is 4.85. The molecule has 1 aliphatic heterocycles. The van der Waals surface area contributed by atoms with Gasteiger partial charge in [-0.25, -0.2) is 0 Å². The number of aryl methyl sites for hydroxylation is 1. The van der Waals surface area contributed by atoms with E-state index in [9.17, 15) is 14.4 Å². The number of carbonyl (C=O) groups excluding carboxylic acids is 3. The van der Waals surface area contributed by atoms with E-state index < -0.39 is 17.1 Å². The van der Waals surface area contributed by atoms with Crippen LogP contribution in [0.5, 0.6) is 0 Å². The molecular weight excluding hydrogens is 414 g/mol. The van der Waals surface area contributed by atoms with Crippen molar-refractivity contribution in [3.8, 4) is 5.69 Å². The Hall–Kier alpha value is -3.00. The zero-order valence-corrected chi connectivity index (χ0v) is 19.4. The maximum atomic E-state index is 12.7. The monoisotopic (exact) mass is 441 g/mol. The first-order chi connectivity index (χ1) is 14.6. The summed E-state index contributed by atoms with van der Waals surface area (Å²) in [6, 6.07) is 10.2. The molecule has 7 nitrogen and oxygen atoms in total. The van der Waals surface area contributed by atoms with Crippen LogP contribution in [-0.4, -0.2) is 53.3 Å². The fraction of sp³-hybridized carbons (Fsp3) is 0.348. The lowest BCUT2D eigenvalue weighted by atomic mass is 10.2. The Labute approximate surface area is 186 Å². The van der Waals surface area contributed by atoms with Crippen LogP contribution in [-0.2, 0) is 14.3 Å². The van der Waals surface area contributed by atoms with Gasteiger partial charge in [0.2, 0.25) is 0 Å². The Morgan fingerprint density at radius 1 is 1.16 bits per heavy atom. The van der Waals surface area contributed by atoms with Crippen molar-refractivity contribution >= 4 is 40.6 Å². The molecule has 3 rings (SSSR count). The van der Waals surface area contributed by atoms with Gasteiger partial charge in [0, 0.05) is 36.9 Å². The molecule has 2 aromatic rings. The van der Waals surface area contributed by atoms with Crippen molar-refractivity contribution in [3.63, 3.8) is 0 Å². The van der Waals surface area contributed by atoms with Crippen molar-refractivity contribution in [3.05, 3.63) is 52.2 Å². The van der Waals surface area contributed by atoms with E-state index in [1.165, 1.54) is 0 Å². The second-order valence-electron chi connectivity index (χ2n) is 7.88. The lowest BCUT2D eigenvalue weighted by Crippen LogP contribution is -2.35. The first kappa shape index (κ1) is 22.7. The average Bonchev–Trinajstić information content (AvgIpc) is 3.11. The van der Waals surface area contributed by atoms with E-state index in [1.807, 2.05) is 51.0 Å². The molecule has 164 valence electrons. The number of rotatable bonds is 6. The summed E-state index contributed by atoms with van der Waals surface area (Å²) in [7, 11) is 3.99. The summed E-state index contributed by atoms with van der Waals surface area (Å²) in [6.07, 6.45) is 1.41. The number of thioether (sulfide) groups is 1. The minimum absolute atomic E-state index is 0.297. The van der Waals surface area contributed by atoms with Gasteiger partial charge in [-0.1, -0.05) is 0 Å². The Morgan fingerprint density at radius 3 is 2.39 bits per heavy atom. The number of hydrogen-bond acceptors (Lipinski definition) is 6. The van der Waals surface area contributed by atoms with Gasteiger partial charge in [-0.2, -0.15) is 0 Å². The molecule has 0 radical (unpaired) electrons. The first-order valence-corrected chi connectivity index (χ1v) is 10.8. The van der Waals surface area contributed by atoms with E-state index >= 15 is 0 Å². The second-order valence-corrected chi connectivity index (χ2v) is 8.87. The minimum atomic E-state index is -0.599. The molecular formula is C23H27N3O4S. The number of esters is 1. The zero-order valence-electron chi connectivity index (χ0n) is 18.6. The summed E-state index contributed by atoms with van der Waals surface area (Å²) in [5, 5.41) is -0.468. The highest BCUT2D eigenvalue weighted by Gasteiger charge is 2.37. The zero-order chi connectivity index (χ0) is 22.9. The van der Waals surface area contributed by atoms with Crippen LogP contribution in [0.25, 0.3) is 11.8 Å². The maximum absolute atomic E-state index is 12.7. The van der Waals surface area contributed by atoms with Crippen molar-refractivity contribution in [1.82, 2.24) is 9.47 Å². The predicted octanol–water partition coefficient (Wildman–Crippen LogP) is 4.15. The molecule has 1 aromatic carbocycles. The van der Waals surface area contributed by atoms with E-state index in [1.54, 1.807) is 19.9 Å². The molecule has 2 heterocycles. The number of anilines is 1. The lowest BCUT2D eigenvalue weighted by Gasteiger charge is -2.15. The summed E-state index contributed by atoms with van der Waals surface area (Å²) in [4.78, 5) is 40.1. The SMILES string of the molecule is Cc1cc(/C=C2/SC(=O)N(CC(=O)OC(C)C)C2=O)c(C)n1-c1ccc(N(C)C)cc1. The normalized spacial score (nSPS) is 15.3. The van der Waals surface area contributed by atoms with E-state index in [0.717, 1.165) is 45.0 Å². The second kappa shape index (κ2) is 9.01. The summed E-state index contributed by atoms with van der Waals surface area (Å²) >= 11 is 0.838. The first-order valence-electron chi connectivity index (χ1n) is 10.00. The standard InChI is InChI=1S/C23H27N3O4S/c1-14(2)30-21(27)13-25-22(28)20(31-23(25)29)12-17-11-15(3)26(16(17)4)19-9-7-18(8-10-19)24(5)6/h7-12,14H,13H2,1-6H3/b20-12+. The van der Waals surface area contributed by atoms with Crippen molar-refractivity contribution < 1.29 is 19.1 Å². The Kier molecular flexibility index (Phi) is 6.59. The minimum Gasteiger partial charge on any atom is -0.462 e. The Balaban J connectivity index is 1.86. The van der Waals surface area contributed by atoms with Crippen LogP contribution in [0.1, 0.15) is 30.8 Å². The van der Waals surface area contributed by atoms with Crippen molar-refractivity contribution in [2.75, 3.05) is 25.5 Å². The molecule has 1 aromatic heterocycles. The molecule has 0 aliphatic carbocycles. The number of hydrogen-bond donors (Lipinski definition) is 0. The summed E-state index contributed by atoms with van der Waals surface area (Å²) < 4.78 is 7.16. The summed E-state index contributed by atoms with van der Waals surface area (Å²) in [6.45, 7) is 7.03. The smallest absolute Gasteiger partial charge is 0.326 e. The largest absolute Gasteiger partial charge is 0.462 e. The van der Waals surface area contributed by atoms with Gasteiger partial charge in [0.05, 0.1) is 11.0 Å². The third-order valence-electron chi connectivity index (χ3n) is 4.91. The molecule has 2 amide bonds. The van der Waals surface area contributed by atoms with Gasteiger partial charge in [-0.15, -0.1) is 0 Å². The molecule has 0 N–H and O–H groups in total. The van der Waals surface area contributed by atoms with Gasteiger partial charge in [0.15, 0.2) is 0 Å². The van der Waals surface area contributed by atoms with Crippen LogP contribution in [0.15, 0.2) is 35.2 Å². The fourth-order valence-corrected chi connectivity index (χ4v) is 4.27. The van der Waals surface area contributed by atoms with Crippen LogP contribution >= 0.6 is 11.8 Å². The number of amides is 2. The topological polar surface area (TPSA) is 71.8 Å². The average molecular weight is 442 g/mol. The lowest BCUT2D eigenvalue weighted by molar-refractivity contribution is -0.149.